The molecule has 0 amide bonds. The van der Waals surface area contributed by atoms with Gasteiger partial charge < -0.3 is 5.11 Å². The number of rotatable bonds is 4. The van der Waals surface area contributed by atoms with E-state index in [0.717, 1.165) is 0 Å². The van der Waals surface area contributed by atoms with Crippen molar-refractivity contribution in [1.29, 1.82) is 0 Å². The van der Waals surface area contributed by atoms with Gasteiger partial charge in [0.15, 0.2) is 0 Å². The SMILES string of the molecule is CC(C)[Si](C#CCC(=O)O)(C(C)C)C(C)C. The van der Waals surface area contributed by atoms with Crippen molar-refractivity contribution >= 4 is 14.0 Å². The molecule has 16 heavy (non-hydrogen) atoms. The Kier molecular flexibility index (Phi) is 5.81. The fourth-order valence-corrected chi connectivity index (χ4v) is 7.97. The third kappa shape index (κ3) is 3.38. The van der Waals surface area contributed by atoms with E-state index in [0.29, 0.717) is 16.6 Å². The highest BCUT2D eigenvalue weighted by molar-refractivity contribution is 6.90. The first-order valence-electron chi connectivity index (χ1n) is 5.96. The molecule has 0 unspecified atom stereocenters. The molecule has 0 rings (SSSR count). The van der Waals surface area contributed by atoms with Crippen molar-refractivity contribution in [3.05, 3.63) is 0 Å². The molecule has 0 aliphatic rings. The zero-order valence-electron chi connectivity index (χ0n) is 11.3. The monoisotopic (exact) mass is 240 g/mol. The molecule has 0 spiro atoms. The first kappa shape index (κ1) is 15.2. The van der Waals surface area contributed by atoms with E-state index in [1.54, 1.807) is 0 Å². The normalized spacial score (nSPS) is 11.8. The quantitative estimate of drug-likeness (QED) is 0.601. The topological polar surface area (TPSA) is 37.3 Å². The Morgan fingerprint density at radius 1 is 1.06 bits per heavy atom. The molecule has 0 bridgehead atoms. The minimum absolute atomic E-state index is 0.0269. The summed E-state index contributed by atoms with van der Waals surface area (Å²) in [6, 6.07) is 0. The molecule has 0 aliphatic carbocycles. The van der Waals surface area contributed by atoms with Gasteiger partial charge in [0.1, 0.15) is 14.5 Å². The summed E-state index contributed by atoms with van der Waals surface area (Å²) < 4.78 is 0. The van der Waals surface area contributed by atoms with Gasteiger partial charge in [-0.1, -0.05) is 47.5 Å². The summed E-state index contributed by atoms with van der Waals surface area (Å²) in [6.45, 7) is 13.3. The molecule has 1 N–H and O–H groups in total. The van der Waals surface area contributed by atoms with Gasteiger partial charge in [-0.15, -0.1) is 5.54 Å². The predicted octanol–water partition coefficient (Wildman–Crippen LogP) is 3.68. The van der Waals surface area contributed by atoms with Gasteiger partial charge >= 0.3 is 5.97 Å². The van der Waals surface area contributed by atoms with Crippen molar-refractivity contribution in [2.45, 2.75) is 64.6 Å². The Morgan fingerprint density at radius 2 is 1.44 bits per heavy atom. The van der Waals surface area contributed by atoms with E-state index in [1.807, 2.05) is 0 Å². The number of hydrogen-bond donors (Lipinski definition) is 1. The van der Waals surface area contributed by atoms with Crippen molar-refractivity contribution in [2.24, 2.45) is 0 Å². The van der Waals surface area contributed by atoms with Crippen molar-refractivity contribution in [2.75, 3.05) is 0 Å². The molecule has 0 saturated heterocycles. The summed E-state index contributed by atoms with van der Waals surface area (Å²) in [4.78, 5) is 10.5. The van der Waals surface area contributed by atoms with Crippen molar-refractivity contribution in [3.63, 3.8) is 0 Å². The lowest BCUT2D eigenvalue weighted by molar-refractivity contribution is -0.135. The van der Waals surface area contributed by atoms with Crippen LogP contribution in [0.2, 0.25) is 16.6 Å². The lowest BCUT2D eigenvalue weighted by Gasteiger charge is -2.38. The standard InChI is InChI=1S/C13H24O2Si/c1-10(2)16(11(3)4,12(5)6)9-7-8-13(14)15/h10-12H,8H2,1-6H3,(H,14,15). The molecule has 3 heteroatoms. The Hall–Kier alpha value is -0.753. The summed E-state index contributed by atoms with van der Waals surface area (Å²) >= 11 is 0. The summed E-state index contributed by atoms with van der Waals surface area (Å²) in [5, 5.41) is 8.64. The molecule has 0 aromatic rings. The smallest absolute Gasteiger partial charge is 0.315 e. The fraction of sp³-hybridized carbons (Fsp3) is 0.769. The molecule has 0 aliphatic heterocycles. The van der Waals surface area contributed by atoms with Gasteiger partial charge in [-0.2, -0.15) is 0 Å². The average molecular weight is 240 g/mol. The Labute approximate surface area is 100 Å². The Bertz CT molecular complexity index is 273. The lowest BCUT2D eigenvalue weighted by Crippen LogP contribution is -2.43. The van der Waals surface area contributed by atoms with Gasteiger partial charge in [0.05, 0.1) is 0 Å². The molecule has 0 heterocycles. The average Bonchev–Trinajstić information content (AvgIpc) is 2.09. The number of carboxylic acid groups (broad SMARTS) is 1. The molecular weight excluding hydrogens is 216 g/mol. The molecule has 0 fully saturated rings. The fourth-order valence-electron chi connectivity index (χ4n) is 2.71. The minimum atomic E-state index is -1.72. The minimum Gasteiger partial charge on any atom is -0.481 e. The largest absolute Gasteiger partial charge is 0.481 e. The summed E-state index contributed by atoms with van der Waals surface area (Å²) in [5.74, 6) is 2.05. The molecule has 0 aromatic carbocycles. The van der Waals surface area contributed by atoms with Crippen LogP contribution in [0, 0.1) is 11.5 Å². The van der Waals surface area contributed by atoms with E-state index in [9.17, 15) is 4.79 Å². The second-order valence-electron chi connectivity index (χ2n) is 5.27. The van der Waals surface area contributed by atoms with Gasteiger partial charge in [-0.25, -0.2) is 0 Å². The van der Waals surface area contributed by atoms with Crippen LogP contribution in [0.3, 0.4) is 0 Å². The number of carboxylic acids is 1. The first-order chi connectivity index (χ1) is 7.25. The van der Waals surface area contributed by atoms with Gasteiger partial charge in [0.25, 0.3) is 0 Å². The maximum atomic E-state index is 10.5. The van der Waals surface area contributed by atoms with E-state index in [4.69, 9.17) is 5.11 Å². The van der Waals surface area contributed by atoms with E-state index in [-0.39, 0.29) is 6.42 Å². The molecule has 92 valence electrons. The van der Waals surface area contributed by atoms with Crippen molar-refractivity contribution in [1.82, 2.24) is 0 Å². The molecule has 2 nitrogen and oxygen atoms in total. The molecular formula is C13H24O2Si. The van der Waals surface area contributed by atoms with Crippen molar-refractivity contribution in [3.8, 4) is 11.5 Å². The second kappa shape index (κ2) is 6.10. The van der Waals surface area contributed by atoms with Crippen LogP contribution in [0.4, 0.5) is 0 Å². The van der Waals surface area contributed by atoms with E-state index < -0.39 is 14.0 Å². The summed E-state index contributed by atoms with van der Waals surface area (Å²) in [6.07, 6.45) is -0.0269. The third-order valence-electron chi connectivity index (χ3n) is 3.41. The van der Waals surface area contributed by atoms with Gasteiger partial charge in [-0.05, 0) is 16.6 Å². The lowest BCUT2D eigenvalue weighted by atomic mass is 10.5. The summed E-state index contributed by atoms with van der Waals surface area (Å²) in [7, 11) is -1.72. The van der Waals surface area contributed by atoms with Crippen LogP contribution in [0.5, 0.6) is 0 Å². The van der Waals surface area contributed by atoms with E-state index >= 15 is 0 Å². The second-order valence-corrected chi connectivity index (χ2v) is 10.8. The zero-order chi connectivity index (χ0) is 12.9. The maximum Gasteiger partial charge on any atom is 0.315 e. The van der Waals surface area contributed by atoms with Crippen LogP contribution >= 0.6 is 0 Å². The third-order valence-corrected chi connectivity index (χ3v) is 9.75. The maximum absolute atomic E-state index is 10.5. The van der Waals surface area contributed by atoms with Crippen LogP contribution < -0.4 is 0 Å². The highest BCUT2D eigenvalue weighted by atomic mass is 28.3. The van der Waals surface area contributed by atoms with Crippen LogP contribution in [0.15, 0.2) is 0 Å². The first-order valence-corrected chi connectivity index (χ1v) is 8.20. The van der Waals surface area contributed by atoms with Crippen LogP contribution in [-0.2, 0) is 4.79 Å². The zero-order valence-corrected chi connectivity index (χ0v) is 12.3. The highest BCUT2D eigenvalue weighted by Gasteiger charge is 2.41. The summed E-state index contributed by atoms with van der Waals surface area (Å²) in [5.41, 5.74) is 5.06. The number of carbonyl (C=O) groups is 1. The van der Waals surface area contributed by atoms with E-state index in [1.165, 1.54) is 0 Å². The van der Waals surface area contributed by atoms with Crippen molar-refractivity contribution < 1.29 is 9.90 Å². The Balaban J connectivity index is 5.18. The van der Waals surface area contributed by atoms with Gasteiger partial charge in [0.2, 0.25) is 0 Å². The van der Waals surface area contributed by atoms with Gasteiger partial charge in [0, 0.05) is 0 Å². The van der Waals surface area contributed by atoms with Crippen LogP contribution in [0.1, 0.15) is 48.0 Å². The molecule has 0 atom stereocenters. The van der Waals surface area contributed by atoms with Crippen LogP contribution in [-0.4, -0.2) is 19.1 Å². The Morgan fingerprint density at radius 3 is 1.69 bits per heavy atom. The van der Waals surface area contributed by atoms with E-state index in [2.05, 4.69) is 53.0 Å². The molecule has 0 radical (unpaired) electrons. The number of aliphatic carboxylic acids is 1. The van der Waals surface area contributed by atoms with Gasteiger partial charge in [-0.3, -0.25) is 4.79 Å². The molecule has 0 aromatic heterocycles. The highest BCUT2D eigenvalue weighted by Crippen LogP contribution is 2.40. The molecule has 0 saturated carbocycles. The number of hydrogen-bond acceptors (Lipinski definition) is 1. The predicted molar refractivity (Wildman–Crippen MR) is 71.1 cm³/mol. The van der Waals surface area contributed by atoms with Crippen LogP contribution in [0.25, 0.3) is 0 Å².